The lowest BCUT2D eigenvalue weighted by Crippen LogP contribution is -2.43. The minimum absolute atomic E-state index is 0.187. The Morgan fingerprint density at radius 1 is 1.12 bits per heavy atom. The van der Waals surface area contributed by atoms with Crippen LogP contribution in [0.5, 0.6) is 0 Å². The minimum atomic E-state index is -1.03. The molecule has 2 amide bonds. The molecule has 0 heterocycles. The van der Waals surface area contributed by atoms with Gasteiger partial charge in [-0.2, -0.15) is 5.26 Å². The fraction of sp³-hybridized carbons (Fsp3) is 0.250. The maximum absolute atomic E-state index is 13.0. The summed E-state index contributed by atoms with van der Waals surface area (Å²) < 4.78 is 0. The van der Waals surface area contributed by atoms with Crippen LogP contribution in [0.4, 0.5) is 11.4 Å². The van der Waals surface area contributed by atoms with Crippen molar-refractivity contribution >= 4 is 23.2 Å². The average molecular weight is 333 g/mol. The second-order valence-corrected chi connectivity index (χ2v) is 6.08. The number of anilines is 2. The molecule has 0 unspecified atom stereocenters. The van der Waals surface area contributed by atoms with Gasteiger partial charge in [-0.05, 0) is 44.0 Å². The van der Waals surface area contributed by atoms with Crippen molar-refractivity contribution in [1.29, 1.82) is 5.26 Å². The van der Waals surface area contributed by atoms with Crippen molar-refractivity contribution in [3.63, 3.8) is 0 Å². The van der Waals surface area contributed by atoms with Gasteiger partial charge in [0.25, 0.3) is 0 Å². The lowest BCUT2D eigenvalue weighted by Gasteiger charge is -2.26. The lowest BCUT2D eigenvalue weighted by atomic mass is 10.0. The number of amides is 2. The fourth-order valence-electron chi connectivity index (χ4n) is 2.90. The van der Waals surface area contributed by atoms with E-state index in [2.05, 4.69) is 11.4 Å². The van der Waals surface area contributed by atoms with Crippen LogP contribution in [0.15, 0.2) is 54.6 Å². The van der Waals surface area contributed by atoms with Gasteiger partial charge in [0.2, 0.25) is 11.8 Å². The van der Waals surface area contributed by atoms with Gasteiger partial charge < -0.3 is 10.2 Å². The number of hydrogen-bond donors (Lipinski definition) is 1. The predicted molar refractivity (Wildman–Crippen MR) is 95.9 cm³/mol. The van der Waals surface area contributed by atoms with E-state index in [-0.39, 0.29) is 11.8 Å². The van der Waals surface area contributed by atoms with Gasteiger partial charge in [0.15, 0.2) is 0 Å². The number of nitrogens with zero attached hydrogens (tertiary/aromatic N) is 2. The summed E-state index contributed by atoms with van der Waals surface area (Å²) in [4.78, 5) is 27.5. The van der Waals surface area contributed by atoms with Gasteiger partial charge in [-0.1, -0.05) is 30.3 Å². The van der Waals surface area contributed by atoms with E-state index in [9.17, 15) is 9.59 Å². The van der Waals surface area contributed by atoms with Crippen molar-refractivity contribution in [3.05, 3.63) is 60.2 Å². The molecule has 1 aliphatic carbocycles. The standard InChI is InChI=1S/C20H19N3O2/c1-2-23(16-9-4-3-5-10-16)19(25)20(12-13-20)18(24)22-17-11-7-6-8-15(17)14-21/h3-11H,2,12-13H2,1H3,(H,22,24). The largest absolute Gasteiger partial charge is 0.324 e. The molecule has 0 aromatic heterocycles. The second-order valence-electron chi connectivity index (χ2n) is 6.08. The van der Waals surface area contributed by atoms with Gasteiger partial charge >= 0.3 is 0 Å². The van der Waals surface area contributed by atoms with E-state index in [0.717, 1.165) is 5.69 Å². The summed E-state index contributed by atoms with van der Waals surface area (Å²) >= 11 is 0. The molecular weight excluding hydrogens is 314 g/mol. The molecule has 0 bridgehead atoms. The van der Waals surface area contributed by atoms with Crippen molar-refractivity contribution in [1.82, 2.24) is 0 Å². The Balaban J connectivity index is 1.82. The van der Waals surface area contributed by atoms with Crippen molar-refractivity contribution in [2.75, 3.05) is 16.8 Å². The molecule has 1 fully saturated rings. The monoisotopic (exact) mass is 333 g/mol. The predicted octanol–water partition coefficient (Wildman–Crippen LogP) is 3.33. The summed E-state index contributed by atoms with van der Waals surface area (Å²) in [7, 11) is 0. The first-order valence-corrected chi connectivity index (χ1v) is 8.30. The zero-order chi connectivity index (χ0) is 17.9. The topological polar surface area (TPSA) is 73.2 Å². The van der Waals surface area contributed by atoms with Crippen LogP contribution in [0.3, 0.4) is 0 Å². The third kappa shape index (κ3) is 3.11. The Hall–Kier alpha value is -3.13. The van der Waals surface area contributed by atoms with Crippen LogP contribution in [0.1, 0.15) is 25.3 Å². The molecule has 126 valence electrons. The zero-order valence-electron chi connectivity index (χ0n) is 14.0. The van der Waals surface area contributed by atoms with E-state index in [0.29, 0.717) is 30.6 Å². The Labute approximate surface area is 146 Å². The highest BCUT2D eigenvalue weighted by Crippen LogP contribution is 2.48. The Bertz CT molecular complexity index is 836. The summed E-state index contributed by atoms with van der Waals surface area (Å²) in [6, 6.07) is 18.2. The molecule has 3 rings (SSSR count). The summed E-state index contributed by atoms with van der Waals surface area (Å²) in [5.74, 6) is -0.525. The number of carbonyl (C=O) groups is 2. The van der Waals surface area contributed by atoms with Gasteiger partial charge in [-0.25, -0.2) is 0 Å². The lowest BCUT2D eigenvalue weighted by molar-refractivity contribution is -0.132. The first-order chi connectivity index (χ1) is 12.1. The van der Waals surface area contributed by atoms with Crippen molar-refractivity contribution < 1.29 is 9.59 Å². The molecule has 5 nitrogen and oxygen atoms in total. The van der Waals surface area contributed by atoms with Crippen molar-refractivity contribution in [2.24, 2.45) is 5.41 Å². The zero-order valence-corrected chi connectivity index (χ0v) is 14.0. The fourth-order valence-corrected chi connectivity index (χ4v) is 2.90. The van der Waals surface area contributed by atoms with Crippen LogP contribution in [0.2, 0.25) is 0 Å². The third-order valence-corrected chi connectivity index (χ3v) is 4.52. The number of nitriles is 1. The summed E-state index contributed by atoms with van der Waals surface area (Å²) in [6.45, 7) is 2.39. The molecule has 1 saturated carbocycles. The van der Waals surface area contributed by atoms with Crippen LogP contribution >= 0.6 is 0 Å². The summed E-state index contributed by atoms with van der Waals surface area (Å²) in [5.41, 5.74) is 0.576. The number of rotatable bonds is 5. The maximum Gasteiger partial charge on any atom is 0.242 e. The van der Waals surface area contributed by atoms with Crippen LogP contribution in [-0.2, 0) is 9.59 Å². The van der Waals surface area contributed by atoms with Crippen LogP contribution in [-0.4, -0.2) is 18.4 Å². The van der Waals surface area contributed by atoms with Crippen molar-refractivity contribution in [2.45, 2.75) is 19.8 Å². The van der Waals surface area contributed by atoms with E-state index >= 15 is 0 Å². The number of para-hydroxylation sites is 2. The molecule has 0 saturated heterocycles. The Morgan fingerprint density at radius 3 is 2.36 bits per heavy atom. The molecule has 1 aliphatic rings. The third-order valence-electron chi connectivity index (χ3n) is 4.52. The Kier molecular flexibility index (Phi) is 4.53. The molecule has 2 aromatic carbocycles. The molecule has 2 aromatic rings. The highest BCUT2D eigenvalue weighted by atomic mass is 16.2. The molecular formula is C20H19N3O2. The number of nitrogens with one attached hydrogen (secondary N) is 1. The minimum Gasteiger partial charge on any atom is -0.324 e. The normalized spacial score (nSPS) is 14.2. The smallest absolute Gasteiger partial charge is 0.242 e. The number of hydrogen-bond acceptors (Lipinski definition) is 3. The molecule has 1 N–H and O–H groups in total. The molecule has 0 spiro atoms. The first kappa shape index (κ1) is 16.7. The molecule has 25 heavy (non-hydrogen) atoms. The Morgan fingerprint density at radius 2 is 1.76 bits per heavy atom. The van der Waals surface area contributed by atoms with Gasteiger partial charge in [0.05, 0.1) is 11.3 Å². The van der Waals surface area contributed by atoms with Gasteiger partial charge in [-0.15, -0.1) is 0 Å². The summed E-state index contributed by atoms with van der Waals surface area (Å²) in [5, 5.41) is 11.9. The maximum atomic E-state index is 13.0. The number of benzene rings is 2. The second kappa shape index (κ2) is 6.78. The molecule has 0 atom stereocenters. The van der Waals surface area contributed by atoms with E-state index in [1.54, 1.807) is 29.2 Å². The molecule has 0 radical (unpaired) electrons. The van der Waals surface area contributed by atoms with E-state index in [1.165, 1.54) is 0 Å². The summed E-state index contributed by atoms with van der Waals surface area (Å²) in [6.07, 6.45) is 1.05. The van der Waals surface area contributed by atoms with Crippen LogP contribution < -0.4 is 10.2 Å². The van der Waals surface area contributed by atoms with Gasteiger partial charge in [0, 0.05) is 12.2 Å². The van der Waals surface area contributed by atoms with E-state index in [1.807, 2.05) is 37.3 Å². The highest BCUT2D eigenvalue weighted by molar-refractivity contribution is 6.17. The van der Waals surface area contributed by atoms with E-state index < -0.39 is 5.41 Å². The highest BCUT2D eigenvalue weighted by Gasteiger charge is 2.58. The number of carbonyl (C=O) groups excluding carboxylic acids is 2. The molecule has 5 heteroatoms. The van der Waals surface area contributed by atoms with Crippen LogP contribution in [0.25, 0.3) is 0 Å². The first-order valence-electron chi connectivity index (χ1n) is 8.30. The van der Waals surface area contributed by atoms with E-state index in [4.69, 9.17) is 5.26 Å². The SMILES string of the molecule is CCN(C(=O)C1(C(=O)Nc2ccccc2C#N)CC1)c1ccccc1. The van der Waals surface area contributed by atoms with Gasteiger partial charge in [0.1, 0.15) is 11.5 Å². The van der Waals surface area contributed by atoms with Crippen LogP contribution in [0, 0.1) is 16.7 Å². The van der Waals surface area contributed by atoms with Gasteiger partial charge in [-0.3, -0.25) is 9.59 Å². The van der Waals surface area contributed by atoms with Crippen molar-refractivity contribution in [3.8, 4) is 6.07 Å². The molecule has 0 aliphatic heterocycles. The quantitative estimate of drug-likeness (QED) is 0.853. The average Bonchev–Trinajstić information content (AvgIpc) is 3.45.